The van der Waals surface area contributed by atoms with Crippen LogP contribution < -0.4 is 5.32 Å². The van der Waals surface area contributed by atoms with E-state index in [2.05, 4.69) is 45.1 Å². The average Bonchev–Trinajstić information content (AvgIpc) is 3.73. The molecule has 2 aliphatic carbocycles. The Kier molecular flexibility index (Phi) is 7.60. The number of nitrogens with one attached hydrogen (secondary N) is 1. The quantitative estimate of drug-likeness (QED) is 0.421. The van der Waals surface area contributed by atoms with Gasteiger partial charge in [-0.1, -0.05) is 51.1 Å². The summed E-state index contributed by atoms with van der Waals surface area (Å²) in [4.78, 5) is 44.7. The molecule has 0 saturated heterocycles. The molecule has 3 aliphatic rings. The van der Waals surface area contributed by atoms with Crippen LogP contribution in [0.15, 0.2) is 53.5 Å². The Labute approximate surface area is 237 Å². The van der Waals surface area contributed by atoms with Crippen molar-refractivity contribution in [3.05, 3.63) is 70.8 Å². The van der Waals surface area contributed by atoms with Crippen molar-refractivity contribution in [2.45, 2.75) is 90.3 Å². The van der Waals surface area contributed by atoms with Crippen LogP contribution in [0.4, 0.5) is 0 Å². The van der Waals surface area contributed by atoms with Gasteiger partial charge in [-0.15, -0.1) is 0 Å². The van der Waals surface area contributed by atoms with E-state index < -0.39 is 11.6 Å². The molecule has 5 rings (SSSR count). The van der Waals surface area contributed by atoms with Crippen LogP contribution >= 0.6 is 0 Å². The minimum atomic E-state index is -0.953. The highest BCUT2D eigenvalue weighted by Gasteiger charge is 2.52. The van der Waals surface area contributed by atoms with E-state index in [4.69, 9.17) is 10.1 Å². The van der Waals surface area contributed by atoms with Crippen molar-refractivity contribution in [2.75, 3.05) is 6.54 Å². The molecule has 1 spiro atoms. The Morgan fingerprint density at radius 3 is 2.35 bits per heavy atom. The number of carboxylic acid groups (broad SMARTS) is 1. The highest BCUT2D eigenvalue weighted by atomic mass is 16.4. The molecule has 40 heavy (non-hydrogen) atoms. The summed E-state index contributed by atoms with van der Waals surface area (Å²) in [5, 5.41) is 11.5. The van der Waals surface area contributed by atoms with Gasteiger partial charge in [-0.3, -0.25) is 19.4 Å². The number of carbonyl (C=O) groups excluding carboxylic acids is 2. The van der Waals surface area contributed by atoms with Crippen molar-refractivity contribution < 1.29 is 19.5 Å². The molecule has 2 fully saturated rings. The molecule has 212 valence electrons. The average molecular weight is 544 g/mol. The van der Waals surface area contributed by atoms with Crippen LogP contribution in [0.2, 0.25) is 0 Å². The van der Waals surface area contributed by atoms with Crippen LogP contribution in [0.25, 0.3) is 0 Å². The van der Waals surface area contributed by atoms with Crippen LogP contribution in [0.5, 0.6) is 0 Å². The van der Waals surface area contributed by atoms with Crippen LogP contribution in [0, 0.1) is 11.3 Å². The highest BCUT2D eigenvalue weighted by Crippen LogP contribution is 2.49. The zero-order valence-corrected chi connectivity index (χ0v) is 24.1. The van der Waals surface area contributed by atoms with Crippen LogP contribution in [0.1, 0.15) is 112 Å². The summed E-state index contributed by atoms with van der Waals surface area (Å²) < 4.78 is 0. The monoisotopic (exact) mass is 543 g/mol. The fourth-order valence-corrected chi connectivity index (χ4v) is 6.44. The molecule has 7 nitrogen and oxygen atoms in total. The van der Waals surface area contributed by atoms with Crippen molar-refractivity contribution >= 4 is 23.5 Å². The van der Waals surface area contributed by atoms with E-state index >= 15 is 0 Å². The third-order valence-electron chi connectivity index (χ3n) is 9.08. The van der Waals surface area contributed by atoms with Gasteiger partial charge < -0.3 is 15.3 Å². The predicted octanol–water partition coefficient (Wildman–Crippen LogP) is 6.09. The molecule has 2 aromatic carbocycles. The molecular weight excluding hydrogens is 502 g/mol. The van der Waals surface area contributed by atoms with Gasteiger partial charge in [0, 0.05) is 17.7 Å². The van der Waals surface area contributed by atoms with Crippen molar-refractivity contribution in [1.29, 1.82) is 0 Å². The van der Waals surface area contributed by atoms with Gasteiger partial charge in [-0.05, 0) is 92.0 Å². The first kappa shape index (κ1) is 28.1. The lowest BCUT2D eigenvalue weighted by atomic mass is 9.69. The second-order valence-electron chi connectivity index (χ2n) is 12.9. The maximum atomic E-state index is 14.2. The number of amides is 2. The molecular formula is C33H41N3O4. The Morgan fingerprint density at radius 2 is 1.75 bits per heavy atom. The SMILES string of the molecule is C[C@H](c1ccc(C(=O)NCCC(=O)O)cc1)N1C(=O)C(c2cccc(C3CC3)c2)=NC12CCC(C(C)(C)C)CC2. The normalized spacial score (nSPS) is 23.7. The summed E-state index contributed by atoms with van der Waals surface area (Å²) in [6.07, 6.45) is 6.00. The lowest BCUT2D eigenvalue weighted by molar-refractivity contribution is -0.137. The maximum Gasteiger partial charge on any atom is 0.305 e. The number of carboxylic acids is 1. The van der Waals surface area contributed by atoms with Gasteiger partial charge in [-0.25, -0.2) is 0 Å². The van der Waals surface area contributed by atoms with Crippen molar-refractivity contribution in [3.8, 4) is 0 Å². The first-order valence-corrected chi connectivity index (χ1v) is 14.6. The zero-order valence-electron chi connectivity index (χ0n) is 24.1. The molecule has 1 atom stereocenters. The molecule has 0 bridgehead atoms. The van der Waals surface area contributed by atoms with E-state index in [-0.39, 0.29) is 36.2 Å². The summed E-state index contributed by atoms with van der Waals surface area (Å²) in [6.45, 7) is 9.03. The molecule has 7 heteroatoms. The smallest absolute Gasteiger partial charge is 0.305 e. The topological polar surface area (TPSA) is 99.1 Å². The largest absolute Gasteiger partial charge is 0.481 e. The minimum absolute atomic E-state index is 0.0230. The first-order valence-electron chi connectivity index (χ1n) is 14.6. The number of aliphatic carboxylic acids is 1. The third kappa shape index (κ3) is 5.70. The summed E-state index contributed by atoms with van der Waals surface area (Å²) in [5.74, 6) is -0.100. The number of aliphatic imine (C=N–C) groups is 1. The predicted molar refractivity (Wildman–Crippen MR) is 155 cm³/mol. The molecule has 2 aromatic rings. The molecule has 0 aromatic heterocycles. The van der Waals surface area contributed by atoms with E-state index in [9.17, 15) is 14.4 Å². The van der Waals surface area contributed by atoms with Crippen molar-refractivity contribution in [3.63, 3.8) is 0 Å². The van der Waals surface area contributed by atoms with Gasteiger partial charge in [0.1, 0.15) is 11.4 Å². The summed E-state index contributed by atoms with van der Waals surface area (Å²) in [7, 11) is 0. The van der Waals surface area contributed by atoms with E-state index in [1.165, 1.54) is 18.4 Å². The van der Waals surface area contributed by atoms with Crippen LogP contribution in [0.3, 0.4) is 0 Å². The summed E-state index contributed by atoms with van der Waals surface area (Å²) >= 11 is 0. The van der Waals surface area contributed by atoms with E-state index in [1.807, 2.05) is 29.2 Å². The molecule has 0 unspecified atom stereocenters. The lowest BCUT2D eigenvalue weighted by Gasteiger charge is -2.46. The number of benzene rings is 2. The van der Waals surface area contributed by atoms with E-state index in [0.29, 0.717) is 23.1 Å². The standard InChI is InChI=1S/C33H41N3O4/c1-21(22-8-12-24(13-9-22)30(39)34-19-16-28(37)38)36-31(40)29(26-7-5-6-25(20-26)23-10-11-23)35-33(36)17-14-27(15-18-33)32(2,3)4/h5-9,12-13,20-21,23,27H,10-11,14-19H2,1-4H3,(H,34,39)(H,37,38)/t21-,27?,33?/m1/s1. The molecule has 2 saturated carbocycles. The van der Waals surface area contributed by atoms with Gasteiger partial charge in [-0.2, -0.15) is 0 Å². The first-order chi connectivity index (χ1) is 19.0. The van der Waals surface area contributed by atoms with Crippen LogP contribution in [-0.4, -0.2) is 45.7 Å². The minimum Gasteiger partial charge on any atom is -0.481 e. The van der Waals surface area contributed by atoms with Gasteiger partial charge in [0.05, 0.1) is 12.5 Å². The van der Waals surface area contributed by atoms with Crippen molar-refractivity contribution in [2.24, 2.45) is 16.3 Å². The molecule has 1 heterocycles. The molecule has 1 aliphatic heterocycles. The van der Waals surface area contributed by atoms with Crippen molar-refractivity contribution in [1.82, 2.24) is 10.2 Å². The van der Waals surface area contributed by atoms with Gasteiger partial charge in [0.15, 0.2) is 0 Å². The Balaban J connectivity index is 1.41. The summed E-state index contributed by atoms with van der Waals surface area (Å²) in [6, 6.07) is 15.4. The molecule has 2 N–H and O–H groups in total. The molecule has 2 amide bonds. The number of carbonyl (C=O) groups is 3. The van der Waals surface area contributed by atoms with E-state index in [1.54, 1.807) is 12.1 Å². The molecule has 0 radical (unpaired) electrons. The zero-order chi connectivity index (χ0) is 28.7. The second kappa shape index (κ2) is 10.8. The Bertz CT molecular complexity index is 1310. The number of hydrogen-bond donors (Lipinski definition) is 2. The maximum absolute atomic E-state index is 14.2. The Hall–Kier alpha value is -3.48. The third-order valence-corrected chi connectivity index (χ3v) is 9.08. The number of rotatable bonds is 8. The van der Waals surface area contributed by atoms with Gasteiger partial charge in [0.25, 0.3) is 11.8 Å². The Morgan fingerprint density at radius 1 is 1.07 bits per heavy atom. The van der Waals surface area contributed by atoms with E-state index in [0.717, 1.165) is 36.8 Å². The van der Waals surface area contributed by atoms with Crippen LogP contribution in [-0.2, 0) is 9.59 Å². The van der Waals surface area contributed by atoms with Gasteiger partial charge in [0.2, 0.25) is 0 Å². The highest BCUT2D eigenvalue weighted by molar-refractivity contribution is 6.46. The number of hydrogen-bond acceptors (Lipinski definition) is 4. The number of nitrogens with zero attached hydrogens (tertiary/aromatic N) is 2. The lowest BCUT2D eigenvalue weighted by Crippen LogP contribution is -2.50. The summed E-state index contributed by atoms with van der Waals surface area (Å²) in [5.41, 5.74) is 3.82. The fourth-order valence-electron chi connectivity index (χ4n) is 6.44. The fraction of sp³-hybridized carbons (Fsp3) is 0.515. The van der Waals surface area contributed by atoms with Gasteiger partial charge >= 0.3 is 5.97 Å². The second-order valence-corrected chi connectivity index (χ2v) is 12.9.